The lowest BCUT2D eigenvalue weighted by Crippen LogP contribution is -2.55. The van der Waals surface area contributed by atoms with Gasteiger partial charge in [-0.3, -0.25) is 19.3 Å². The van der Waals surface area contributed by atoms with Gasteiger partial charge in [0, 0.05) is 30.4 Å². The van der Waals surface area contributed by atoms with Crippen LogP contribution in [0.15, 0.2) is 18.2 Å². The number of hydrogen-bond acceptors (Lipinski definition) is 5. The molecule has 1 heterocycles. The lowest BCUT2D eigenvalue weighted by molar-refractivity contribution is -0.133. The molecule has 0 unspecified atom stereocenters. The molecule has 2 aliphatic rings. The SMILES string of the molecule is CC(C)(C)CN(C1CC1)[C@H](C(N)=O)C(=O)Nc1ccc(N2CCOCC2=O)c(C(F)F)c1. The highest BCUT2D eigenvalue weighted by Crippen LogP contribution is 2.34. The number of carbonyl (C=O) groups is 3. The van der Waals surface area contributed by atoms with Gasteiger partial charge in [-0.1, -0.05) is 20.8 Å². The Bertz CT molecular complexity index is 883. The van der Waals surface area contributed by atoms with Gasteiger partial charge in [0.05, 0.1) is 12.3 Å². The lowest BCUT2D eigenvalue weighted by Gasteiger charge is -2.34. The third-order valence-corrected chi connectivity index (χ3v) is 5.33. The second-order valence-electron chi connectivity index (χ2n) is 9.43. The van der Waals surface area contributed by atoms with Crippen molar-refractivity contribution in [2.75, 3.05) is 36.5 Å². The first-order valence-electron chi connectivity index (χ1n) is 10.6. The first-order valence-corrected chi connectivity index (χ1v) is 10.6. The summed E-state index contributed by atoms with van der Waals surface area (Å²) in [6.45, 7) is 6.72. The predicted molar refractivity (Wildman–Crippen MR) is 115 cm³/mol. The molecule has 0 aromatic heterocycles. The van der Waals surface area contributed by atoms with E-state index in [0.29, 0.717) is 6.54 Å². The summed E-state index contributed by atoms with van der Waals surface area (Å²) in [5.41, 5.74) is 5.19. The van der Waals surface area contributed by atoms with Crippen LogP contribution in [0.1, 0.15) is 45.6 Å². The van der Waals surface area contributed by atoms with Gasteiger partial charge in [-0.2, -0.15) is 0 Å². The van der Waals surface area contributed by atoms with Gasteiger partial charge < -0.3 is 20.7 Å². The second kappa shape index (κ2) is 9.50. The van der Waals surface area contributed by atoms with E-state index in [9.17, 15) is 23.2 Å². The van der Waals surface area contributed by atoms with Gasteiger partial charge in [-0.05, 0) is 36.5 Å². The monoisotopic (exact) mass is 452 g/mol. The molecule has 0 radical (unpaired) electrons. The van der Waals surface area contributed by atoms with E-state index in [2.05, 4.69) is 5.32 Å². The Morgan fingerprint density at radius 2 is 2.00 bits per heavy atom. The fourth-order valence-electron chi connectivity index (χ4n) is 3.86. The molecule has 0 bridgehead atoms. The largest absolute Gasteiger partial charge is 0.370 e. The van der Waals surface area contributed by atoms with Crippen molar-refractivity contribution < 1.29 is 27.9 Å². The average Bonchev–Trinajstić information content (AvgIpc) is 3.52. The smallest absolute Gasteiger partial charge is 0.265 e. The topological polar surface area (TPSA) is 105 Å². The minimum Gasteiger partial charge on any atom is -0.370 e. The number of alkyl halides is 2. The van der Waals surface area contributed by atoms with Crippen LogP contribution in [0.2, 0.25) is 0 Å². The molecule has 3 amide bonds. The van der Waals surface area contributed by atoms with Crippen LogP contribution in [0.25, 0.3) is 0 Å². The number of amides is 3. The normalized spacial score (nSPS) is 18.2. The Balaban J connectivity index is 1.84. The van der Waals surface area contributed by atoms with Gasteiger partial charge in [-0.15, -0.1) is 0 Å². The zero-order valence-electron chi connectivity index (χ0n) is 18.6. The van der Waals surface area contributed by atoms with Gasteiger partial charge in [0.25, 0.3) is 18.2 Å². The number of morpholine rings is 1. The Morgan fingerprint density at radius 1 is 1.31 bits per heavy atom. The highest BCUT2D eigenvalue weighted by molar-refractivity contribution is 6.09. The van der Waals surface area contributed by atoms with Crippen LogP contribution in [0.4, 0.5) is 20.2 Å². The maximum absolute atomic E-state index is 13.8. The summed E-state index contributed by atoms with van der Waals surface area (Å²) in [6.07, 6.45) is -1.14. The quantitative estimate of drug-likeness (QED) is 0.589. The zero-order valence-corrected chi connectivity index (χ0v) is 18.6. The van der Waals surface area contributed by atoms with Crippen molar-refractivity contribution in [3.8, 4) is 0 Å². The number of halogens is 2. The van der Waals surface area contributed by atoms with E-state index >= 15 is 0 Å². The third kappa shape index (κ3) is 5.80. The molecule has 1 saturated carbocycles. The molecule has 176 valence electrons. The summed E-state index contributed by atoms with van der Waals surface area (Å²) < 4.78 is 32.6. The van der Waals surface area contributed by atoms with E-state index < -0.39 is 30.2 Å². The van der Waals surface area contributed by atoms with Gasteiger partial charge in [0.2, 0.25) is 5.91 Å². The fourth-order valence-corrected chi connectivity index (χ4v) is 3.86. The Labute approximate surface area is 186 Å². The number of nitrogens with two attached hydrogens (primary N) is 1. The maximum atomic E-state index is 13.8. The molecule has 32 heavy (non-hydrogen) atoms. The van der Waals surface area contributed by atoms with Crippen LogP contribution >= 0.6 is 0 Å². The minimum atomic E-state index is -2.87. The molecule has 3 N–H and O–H groups in total. The molecule has 1 aromatic rings. The molecule has 0 spiro atoms. The molecular weight excluding hydrogens is 422 g/mol. The summed E-state index contributed by atoms with van der Waals surface area (Å²) in [5.74, 6) is -1.86. The summed E-state index contributed by atoms with van der Waals surface area (Å²) in [5, 5.41) is 2.57. The first kappa shape index (κ1) is 24.1. The van der Waals surface area contributed by atoms with Crippen molar-refractivity contribution in [1.29, 1.82) is 0 Å². The van der Waals surface area contributed by atoms with Crippen molar-refractivity contribution in [2.45, 2.75) is 52.1 Å². The van der Waals surface area contributed by atoms with Crippen molar-refractivity contribution >= 4 is 29.1 Å². The molecule has 1 aromatic carbocycles. The van der Waals surface area contributed by atoms with E-state index in [-0.39, 0.29) is 48.2 Å². The van der Waals surface area contributed by atoms with E-state index in [1.165, 1.54) is 17.0 Å². The Kier molecular flexibility index (Phi) is 7.14. The fraction of sp³-hybridized carbons (Fsp3) is 0.591. The van der Waals surface area contributed by atoms with Crippen LogP contribution in [-0.4, -0.2) is 61.0 Å². The van der Waals surface area contributed by atoms with Gasteiger partial charge in [0.15, 0.2) is 6.04 Å². The highest BCUT2D eigenvalue weighted by atomic mass is 19.3. The van der Waals surface area contributed by atoms with Gasteiger partial charge >= 0.3 is 0 Å². The molecule has 2 fully saturated rings. The Morgan fingerprint density at radius 3 is 2.53 bits per heavy atom. The number of primary amides is 1. The molecule has 10 heteroatoms. The van der Waals surface area contributed by atoms with E-state index in [1.807, 2.05) is 20.8 Å². The summed E-state index contributed by atoms with van der Waals surface area (Å²) in [4.78, 5) is 40.4. The molecule has 3 rings (SSSR count). The molecule has 8 nitrogen and oxygen atoms in total. The first-order chi connectivity index (χ1) is 15.0. The average molecular weight is 453 g/mol. The molecule has 1 atom stereocenters. The van der Waals surface area contributed by atoms with E-state index in [0.717, 1.165) is 18.9 Å². The summed E-state index contributed by atoms with van der Waals surface area (Å²) >= 11 is 0. The molecule has 1 aliphatic heterocycles. The number of anilines is 2. The predicted octanol–water partition coefficient (Wildman–Crippen LogP) is 2.29. The van der Waals surface area contributed by atoms with Crippen LogP contribution in [0.5, 0.6) is 0 Å². The summed E-state index contributed by atoms with van der Waals surface area (Å²) in [7, 11) is 0. The van der Waals surface area contributed by atoms with Crippen molar-refractivity contribution in [2.24, 2.45) is 11.1 Å². The van der Waals surface area contributed by atoms with Crippen molar-refractivity contribution in [1.82, 2.24) is 4.90 Å². The molecular formula is C22H30F2N4O4. The number of rotatable bonds is 8. The molecule has 1 aliphatic carbocycles. The number of carbonyl (C=O) groups excluding carboxylic acids is 3. The van der Waals surface area contributed by atoms with Crippen LogP contribution < -0.4 is 16.0 Å². The van der Waals surface area contributed by atoms with Crippen LogP contribution in [0.3, 0.4) is 0 Å². The van der Waals surface area contributed by atoms with E-state index in [1.54, 1.807) is 4.90 Å². The van der Waals surface area contributed by atoms with E-state index in [4.69, 9.17) is 10.5 Å². The second-order valence-corrected chi connectivity index (χ2v) is 9.43. The zero-order chi connectivity index (χ0) is 23.6. The van der Waals surface area contributed by atoms with Crippen LogP contribution in [-0.2, 0) is 19.1 Å². The third-order valence-electron chi connectivity index (χ3n) is 5.33. The van der Waals surface area contributed by atoms with Crippen molar-refractivity contribution in [3.63, 3.8) is 0 Å². The number of nitrogens with one attached hydrogen (secondary N) is 1. The van der Waals surface area contributed by atoms with Gasteiger partial charge in [0.1, 0.15) is 6.61 Å². The summed E-state index contributed by atoms with van der Waals surface area (Å²) in [6, 6.07) is 2.81. The highest BCUT2D eigenvalue weighted by Gasteiger charge is 2.42. The number of nitrogens with zero attached hydrogens (tertiary/aromatic N) is 2. The van der Waals surface area contributed by atoms with Crippen molar-refractivity contribution in [3.05, 3.63) is 23.8 Å². The number of benzene rings is 1. The number of hydrogen-bond donors (Lipinski definition) is 2. The van der Waals surface area contributed by atoms with Gasteiger partial charge in [-0.25, -0.2) is 8.78 Å². The lowest BCUT2D eigenvalue weighted by atomic mass is 9.94. The number of ether oxygens (including phenoxy) is 1. The Hall–Kier alpha value is -2.59. The standard InChI is InChI=1S/C22H30F2N4O4/c1-22(2,3)12-28(14-5-6-14)18(20(25)30)21(31)26-13-4-7-16(15(10-13)19(23)24)27-8-9-32-11-17(27)29/h4,7,10,14,18-19H,5-6,8-9,11-12H2,1-3H3,(H2,25,30)(H,26,31)/t18-/m1/s1. The molecule has 1 saturated heterocycles. The maximum Gasteiger partial charge on any atom is 0.265 e. The minimum absolute atomic E-state index is 0.0742. The van der Waals surface area contributed by atoms with Crippen LogP contribution in [0, 0.1) is 5.41 Å².